The number of carboxylic acids is 1. The Morgan fingerprint density at radius 3 is 2.55 bits per heavy atom. The van der Waals surface area contributed by atoms with Gasteiger partial charge in [0.25, 0.3) is 0 Å². The number of ether oxygens (including phenoxy) is 1. The summed E-state index contributed by atoms with van der Waals surface area (Å²) in [5.74, 6) is -1.18. The fourth-order valence-electron chi connectivity index (χ4n) is 3.25. The average molecular weight is 423 g/mol. The van der Waals surface area contributed by atoms with Gasteiger partial charge in [0.15, 0.2) is 0 Å². The van der Waals surface area contributed by atoms with E-state index >= 15 is 0 Å². The van der Waals surface area contributed by atoms with E-state index in [1.54, 1.807) is 19.1 Å². The number of halogens is 1. The number of piperidine rings is 1. The minimum atomic E-state index is -4.10. The molecule has 2 unspecified atom stereocenters. The van der Waals surface area contributed by atoms with Crippen LogP contribution in [0.4, 0.5) is 4.39 Å². The molecular formula is C20H22FNO6S. The van der Waals surface area contributed by atoms with Crippen molar-refractivity contribution in [2.24, 2.45) is 0 Å². The first-order valence-electron chi connectivity index (χ1n) is 9.09. The Morgan fingerprint density at radius 2 is 1.90 bits per heavy atom. The van der Waals surface area contributed by atoms with Crippen molar-refractivity contribution in [3.8, 4) is 5.75 Å². The quantitative estimate of drug-likeness (QED) is 0.739. The topological polar surface area (TPSA) is 104 Å². The van der Waals surface area contributed by atoms with E-state index in [4.69, 9.17) is 4.74 Å². The number of aliphatic hydroxyl groups is 1. The van der Waals surface area contributed by atoms with Crippen molar-refractivity contribution < 1.29 is 32.6 Å². The predicted molar refractivity (Wildman–Crippen MR) is 102 cm³/mol. The third-order valence-electron chi connectivity index (χ3n) is 5.00. The van der Waals surface area contributed by atoms with Crippen LogP contribution in [0.5, 0.6) is 5.75 Å². The van der Waals surface area contributed by atoms with Crippen molar-refractivity contribution >= 4 is 16.0 Å². The van der Waals surface area contributed by atoms with Gasteiger partial charge >= 0.3 is 5.97 Å². The fraction of sp³-hybridized carbons (Fsp3) is 0.350. The zero-order valence-corrected chi connectivity index (χ0v) is 16.6. The first-order chi connectivity index (χ1) is 13.7. The highest BCUT2D eigenvalue weighted by Crippen LogP contribution is 2.27. The molecule has 1 fully saturated rings. The van der Waals surface area contributed by atoms with Gasteiger partial charge in [0.05, 0.1) is 11.0 Å². The Hall–Kier alpha value is -2.49. The maximum Gasteiger partial charge on any atom is 0.322 e. The van der Waals surface area contributed by atoms with Crippen molar-refractivity contribution in [2.45, 2.75) is 43.4 Å². The van der Waals surface area contributed by atoms with Crippen LogP contribution in [0.1, 0.15) is 24.0 Å². The molecule has 0 saturated carbocycles. The Bertz CT molecular complexity index is 993. The third kappa shape index (κ3) is 4.58. The molecule has 2 aromatic carbocycles. The number of β-amino-alcohol motifs (C(OH)–C–C–N with tert-alkyl or cyclic N) is 1. The Balaban J connectivity index is 1.76. The molecule has 29 heavy (non-hydrogen) atoms. The monoisotopic (exact) mass is 423 g/mol. The summed E-state index contributed by atoms with van der Waals surface area (Å²) < 4.78 is 45.8. The molecule has 1 saturated heterocycles. The van der Waals surface area contributed by atoms with E-state index in [0.29, 0.717) is 16.9 Å². The van der Waals surface area contributed by atoms with Crippen LogP contribution in [-0.2, 0) is 21.4 Å². The van der Waals surface area contributed by atoms with Gasteiger partial charge in [-0.3, -0.25) is 4.79 Å². The van der Waals surface area contributed by atoms with E-state index in [2.05, 4.69) is 0 Å². The standard InChI is InChI=1S/C20H22FNO6S/c1-13-14(3-2-4-18(13)21)12-28-16-6-8-17(9-7-16)29(26,27)22-11-15(23)5-10-19(22)20(24)25/h2-4,6-9,15,19,23H,5,10-12H2,1H3,(H,24,25). The number of aliphatic carboxylic acids is 1. The second-order valence-corrected chi connectivity index (χ2v) is 8.83. The lowest BCUT2D eigenvalue weighted by Gasteiger charge is -2.34. The largest absolute Gasteiger partial charge is 0.489 e. The molecule has 0 aromatic heterocycles. The Morgan fingerprint density at radius 1 is 1.21 bits per heavy atom. The van der Waals surface area contributed by atoms with Crippen molar-refractivity contribution in [3.63, 3.8) is 0 Å². The highest BCUT2D eigenvalue weighted by molar-refractivity contribution is 7.89. The van der Waals surface area contributed by atoms with Crippen LogP contribution in [0, 0.1) is 12.7 Å². The molecule has 0 bridgehead atoms. The molecule has 7 nitrogen and oxygen atoms in total. The van der Waals surface area contributed by atoms with E-state index < -0.39 is 28.1 Å². The Labute approximate surface area is 168 Å². The number of sulfonamides is 1. The number of aliphatic hydroxyl groups excluding tert-OH is 1. The highest BCUT2D eigenvalue weighted by atomic mass is 32.2. The fourth-order valence-corrected chi connectivity index (χ4v) is 4.90. The van der Waals surface area contributed by atoms with Crippen molar-refractivity contribution in [1.29, 1.82) is 0 Å². The van der Waals surface area contributed by atoms with Gasteiger partial charge in [0.2, 0.25) is 10.0 Å². The molecule has 1 aliphatic heterocycles. The molecule has 2 atom stereocenters. The summed E-state index contributed by atoms with van der Waals surface area (Å²) >= 11 is 0. The first-order valence-corrected chi connectivity index (χ1v) is 10.5. The number of benzene rings is 2. The zero-order chi connectivity index (χ0) is 21.2. The maximum absolute atomic E-state index is 13.6. The molecule has 1 aliphatic rings. The lowest BCUT2D eigenvalue weighted by atomic mass is 10.0. The minimum Gasteiger partial charge on any atom is -0.489 e. The number of hydrogen-bond acceptors (Lipinski definition) is 5. The summed E-state index contributed by atoms with van der Waals surface area (Å²) in [7, 11) is -4.10. The molecule has 0 radical (unpaired) electrons. The smallest absolute Gasteiger partial charge is 0.322 e. The average Bonchev–Trinajstić information content (AvgIpc) is 2.69. The lowest BCUT2D eigenvalue weighted by Crippen LogP contribution is -2.51. The van der Waals surface area contributed by atoms with Crippen molar-refractivity contribution in [1.82, 2.24) is 4.31 Å². The number of nitrogens with zero attached hydrogens (tertiary/aromatic N) is 1. The summed E-state index contributed by atoms with van der Waals surface area (Å²) in [4.78, 5) is 11.3. The van der Waals surface area contributed by atoms with E-state index in [0.717, 1.165) is 4.31 Å². The van der Waals surface area contributed by atoms with Crippen LogP contribution in [0.3, 0.4) is 0 Å². The predicted octanol–water partition coefficient (Wildman–Crippen LogP) is 2.31. The van der Waals surface area contributed by atoms with Crippen LogP contribution < -0.4 is 4.74 Å². The second-order valence-electron chi connectivity index (χ2n) is 6.94. The molecule has 0 amide bonds. The normalized spacial score (nSPS) is 20.4. The number of carbonyl (C=O) groups is 1. The highest BCUT2D eigenvalue weighted by Gasteiger charge is 2.40. The maximum atomic E-state index is 13.6. The van der Waals surface area contributed by atoms with Gasteiger partial charge in [0, 0.05) is 6.54 Å². The van der Waals surface area contributed by atoms with Crippen LogP contribution in [0.25, 0.3) is 0 Å². The molecule has 2 N–H and O–H groups in total. The van der Waals surface area contributed by atoms with E-state index in [-0.39, 0.29) is 36.7 Å². The van der Waals surface area contributed by atoms with Gasteiger partial charge in [0.1, 0.15) is 24.2 Å². The summed E-state index contributed by atoms with van der Waals surface area (Å²) in [5, 5.41) is 19.1. The van der Waals surface area contributed by atoms with Crippen molar-refractivity contribution in [2.75, 3.05) is 6.54 Å². The van der Waals surface area contributed by atoms with E-state index in [1.807, 2.05) is 0 Å². The van der Waals surface area contributed by atoms with Gasteiger partial charge in [-0.05, 0) is 61.2 Å². The van der Waals surface area contributed by atoms with Gasteiger partial charge in [-0.2, -0.15) is 4.31 Å². The zero-order valence-electron chi connectivity index (χ0n) is 15.8. The summed E-state index contributed by atoms with van der Waals surface area (Å²) in [6, 6.07) is 9.03. The summed E-state index contributed by atoms with van der Waals surface area (Å²) in [5.41, 5.74) is 1.16. The van der Waals surface area contributed by atoms with Crippen LogP contribution in [0.2, 0.25) is 0 Å². The van der Waals surface area contributed by atoms with Crippen LogP contribution >= 0.6 is 0 Å². The number of carboxylic acid groups (broad SMARTS) is 1. The Kier molecular flexibility index (Phi) is 6.21. The molecule has 9 heteroatoms. The van der Waals surface area contributed by atoms with Gasteiger partial charge in [-0.25, -0.2) is 12.8 Å². The SMILES string of the molecule is Cc1c(F)cccc1COc1ccc(S(=O)(=O)N2CC(O)CCC2C(=O)O)cc1. The molecule has 3 rings (SSSR count). The molecular weight excluding hydrogens is 401 g/mol. The van der Waals surface area contributed by atoms with E-state index in [9.17, 15) is 27.8 Å². The molecule has 2 aromatic rings. The van der Waals surface area contributed by atoms with Gasteiger partial charge < -0.3 is 14.9 Å². The number of rotatable bonds is 6. The summed E-state index contributed by atoms with van der Waals surface area (Å²) in [6.07, 6.45) is -0.628. The van der Waals surface area contributed by atoms with Crippen LogP contribution in [-0.4, -0.2) is 47.6 Å². The first kappa shape index (κ1) is 21.2. The molecule has 0 aliphatic carbocycles. The van der Waals surface area contributed by atoms with Crippen molar-refractivity contribution in [3.05, 3.63) is 59.4 Å². The van der Waals surface area contributed by atoms with E-state index in [1.165, 1.54) is 30.3 Å². The second kappa shape index (κ2) is 8.48. The lowest BCUT2D eigenvalue weighted by molar-refractivity contribution is -0.143. The van der Waals surface area contributed by atoms with Gasteiger partial charge in [-0.15, -0.1) is 0 Å². The molecule has 0 spiro atoms. The third-order valence-corrected chi connectivity index (χ3v) is 6.89. The minimum absolute atomic E-state index is 0.0455. The summed E-state index contributed by atoms with van der Waals surface area (Å²) in [6.45, 7) is 1.50. The van der Waals surface area contributed by atoms with Gasteiger partial charge in [-0.1, -0.05) is 12.1 Å². The van der Waals surface area contributed by atoms with Crippen LogP contribution in [0.15, 0.2) is 47.4 Å². The molecule has 1 heterocycles. The molecule has 156 valence electrons. The number of hydrogen-bond donors (Lipinski definition) is 2.